The summed E-state index contributed by atoms with van der Waals surface area (Å²) >= 11 is 0. The van der Waals surface area contributed by atoms with Crippen molar-refractivity contribution in [3.05, 3.63) is 48.5 Å². The van der Waals surface area contributed by atoms with Crippen LogP contribution in [0.15, 0.2) is 48.5 Å². The number of nitrogens with one attached hydrogen (secondary N) is 1. The van der Waals surface area contributed by atoms with Crippen LogP contribution in [0, 0.1) is 0 Å². The summed E-state index contributed by atoms with van der Waals surface area (Å²) in [5, 5.41) is 11.3. The number of benzene rings is 2. The molecule has 2 N–H and O–H groups in total. The van der Waals surface area contributed by atoms with E-state index in [1.54, 1.807) is 6.07 Å². The van der Waals surface area contributed by atoms with Crippen LogP contribution in [0.3, 0.4) is 0 Å². The Balaban J connectivity index is 2.38. The molecule has 0 aliphatic carbocycles. The summed E-state index contributed by atoms with van der Waals surface area (Å²) in [4.78, 5) is 12.8. The van der Waals surface area contributed by atoms with Crippen molar-refractivity contribution in [1.29, 1.82) is 0 Å². The SMILES string of the molecule is CN(C)c1ccc(-c2ccccc2NC(=O)O)cc1. The van der Waals surface area contributed by atoms with Crippen molar-refractivity contribution in [2.45, 2.75) is 0 Å². The molecule has 98 valence electrons. The van der Waals surface area contributed by atoms with Gasteiger partial charge >= 0.3 is 6.09 Å². The molecular weight excluding hydrogens is 240 g/mol. The Bertz CT molecular complexity index is 577. The van der Waals surface area contributed by atoms with Gasteiger partial charge in [0.25, 0.3) is 0 Å². The van der Waals surface area contributed by atoms with Gasteiger partial charge in [-0.25, -0.2) is 4.79 Å². The predicted molar refractivity (Wildman–Crippen MR) is 77.9 cm³/mol. The maximum atomic E-state index is 10.8. The average molecular weight is 256 g/mol. The van der Waals surface area contributed by atoms with E-state index in [2.05, 4.69) is 5.32 Å². The van der Waals surface area contributed by atoms with E-state index in [0.29, 0.717) is 5.69 Å². The van der Waals surface area contributed by atoms with E-state index in [-0.39, 0.29) is 0 Å². The van der Waals surface area contributed by atoms with Crippen LogP contribution in [0.2, 0.25) is 0 Å². The zero-order valence-electron chi connectivity index (χ0n) is 10.9. The Morgan fingerprint density at radius 1 is 1.05 bits per heavy atom. The Morgan fingerprint density at radius 2 is 1.68 bits per heavy atom. The third-order valence-corrected chi connectivity index (χ3v) is 2.86. The highest BCUT2D eigenvalue weighted by Gasteiger charge is 2.07. The van der Waals surface area contributed by atoms with Crippen molar-refractivity contribution < 1.29 is 9.90 Å². The maximum absolute atomic E-state index is 10.8. The first kappa shape index (κ1) is 13.0. The molecule has 0 saturated carbocycles. The zero-order valence-corrected chi connectivity index (χ0v) is 10.9. The summed E-state index contributed by atoms with van der Waals surface area (Å²) in [6.45, 7) is 0. The number of carboxylic acid groups (broad SMARTS) is 1. The van der Waals surface area contributed by atoms with E-state index in [1.165, 1.54) is 0 Å². The molecule has 1 amide bonds. The average Bonchev–Trinajstić information content (AvgIpc) is 2.39. The van der Waals surface area contributed by atoms with E-state index >= 15 is 0 Å². The van der Waals surface area contributed by atoms with Gasteiger partial charge in [0.2, 0.25) is 0 Å². The highest BCUT2D eigenvalue weighted by atomic mass is 16.4. The molecule has 0 unspecified atom stereocenters. The van der Waals surface area contributed by atoms with Gasteiger partial charge in [0.1, 0.15) is 0 Å². The van der Waals surface area contributed by atoms with Crippen molar-refractivity contribution >= 4 is 17.5 Å². The molecule has 0 spiro atoms. The number of nitrogens with zero attached hydrogens (tertiary/aromatic N) is 1. The van der Waals surface area contributed by atoms with Crippen molar-refractivity contribution in [2.24, 2.45) is 0 Å². The van der Waals surface area contributed by atoms with Crippen molar-refractivity contribution in [3.63, 3.8) is 0 Å². The first-order valence-corrected chi connectivity index (χ1v) is 5.94. The molecule has 2 aromatic rings. The fraction of sp³-hybridized carbons (Fsp3) is 0.133. The van der Waals surface area contributed by atoms with Gasteiger partial charge < -0.3 is 10.0 Å². The van der Waals surface area contributed by atoms with Crippen LogP contribution in [0.1, 0.15) is 0 Å². The van der Waals surface area contributed by atoms with Crippen LogP contribution in [0.4, 0.5) is 16.2 Å². The van der Waals surface area contributed by atoms with E-state index in [1.807, 2.05) is 61.5 Å². The number of para-hydroxylation sites is 1. The van der Waals surface area contributed by atoms with E-state index in [0.717, 1.165) is 16.8 Å². The molecule has 0 atom stereocenters. The van der Waals surface area contributed by atoms with E-state index in [9.17, 15) is 4.79 Å². The van der Waals surface area contributed by atoms with Crippen LogP contribution < -0.4 is 10.2 Å². The minimum atomic E-state index is -1.06. The monoisotopic (exact) mass is 256 g/mol. The van der Waals surface area contributed by atoms with Gasteiger partial charge in [-0.1, -0.05) is 30.3 Å². The number of rotatable bonds is 3. The standard InChI is InChI=1S/C15H16N2O2/c1-17(2)12-9-7-11(8-10-12)13-5-3-4-6-14(13)16-15(18)19/h3-10,16H,1-2H3,(H,18,19). The van der Waals surface area contributed by atoms with Gasteiger partial charge in [-0.3, -0.25) is 5.32 Å². The lowest BCUT2D eigenvalue weighted by Gasteiger charge is -2.14. The highest BCUT2D eigenvalue weighted by Crippen LogP contribution is 2.29. The van der Waals surface area contributed by atoms with Crippen LogP contribution in [-0.2, 0) is 0 Å². The molecule has 0 aromatic heterocycles. The molecular formula is C15H16N2O2. The van der Waals surface area contributed by atoms with Crippen LogP contribution in [0.5, 0.6) is 0 Å². The van der Waals surface area contributed by atoms with E-state index in [4.69, 9.17) is 5.11 Å². The van der Waals surface area contributed by atoms with Gasteiger partial charge in [0.05, 0.1) is 5.69 Å². The molecule has 0 fully saturated rings. The lowest BCUT2D eigenvalue weighted by molar-refractivity contribution is 0.210. The molecule has 0 radical (unpaired) electrons. The summed E-state index contributed by atoms with van der Waals surface area (Å²) in [7, 11) is 3.96. The molecule has 4 heteroatoms. The lowest BCUT2D eigenvalue weighted by atomic mass is 10.0. The van der Waals surface area contributed by atoms with Gasteiger partial charge in [0.15, 0.2) is 0 Å². The number of amides is 1. The second-order valence-corrected chi connectivity index (χ2v) is 4.42. The number of hydrogen-bond donors (Lipinski definition) is 2. The number of anilines is 2. The summed E-state index contributed by atoms with van der Waals surface area (Å²) in [6.07, 6.45) is -1.06. The van der Waals surface area contributed by atoms with Crippen LogP contribution in [-0.4, -0.2) is 25.3 Å². The van der Waals surface area contributed by atoms with Crippen molar-refractivity contribution in [3.8, 4) is 11.1 Å². The minimum Gasteiger partial charge on any atom is -0.465 e. The lowest BCUT2D eigenvalue weighted by Crippen LogP contribution is -2.09. The summed E-state index contributed by atoms with van der Waals surface area (Å²) in [5.41, 5.74) is 3.55. The molecule has 0 aliphatic rings. The minimum absolute atomic E-state index is 0.590. The second-order valence-electron chi connectivity index (χ2n) is 4.42. The largest absolute Gasteiger partial charge is 0.465 e. The molecule has 2 aromatic carbocycles. The van der Waals surface area contributed by atoms with Crippen molar-refractivity contribution in [1.82, 2.24) is 0 Å². The van der Waals surface area contributed by atoms with Crippen molar-refractivity contribution in [2.75, 3.05) is 24.3 Å². The Morgan fingerprint density at radius 3 is 2.26 bits per heavy atom. The normalized spacial score (nSPS) is 10.0. The third kappa shape index (κ3) is 3.04. The Labute approximate surface area is 112 Å². The molecule has 4 nitrogen and oxygen atoms in total. The van der Waals surface area contributed by atoms with Gasteiger partial charge in [-0.2, -0.15) is 0 Å². The van der Waals surface area contributed by atoms with Crippen LogP contribution >= 0.6 is 0 Å². The zero-order chi connectivity index (χ0) is 13.8. The molecule has 0 bridgehead atoms. The topological polar surface area (TPSA) is 52.6 Å². The molecule has 0 heterocycles. The molecule has 0 saturated heterocycles. The third-order valence-electron chi connectivity index (χ3n) is 2.86. The molecule has 19 heavy (non-hydrogen) atoms. The first-order valence-electron chi connectivity index (χ1n) is 5.94. The Kier molecular flexibility index (Phi) is 3.71. The quantitative estimate of drug-likeness (QED) is 0.883. The predicted octanol–water partition coefficient (Wildman–Crippen LogP) is 3.51. The van der Waals surface area contributed by atoms with Gasteiger partial charge in [0, 0.05) is 25.3 Å². The van der Waals surface area contributed by atoms with E-state index < -0.39 is 6.09 Å². The molecule has 0 aliphatic heterocycles. The highest BCUT2D eigenvalue weighted by molar-refractivity contribution is 5.90. The fourth-order valence-corrected chi connectivity index (χ4v) is 1.90. The molecule has 2 rings (SSSR count). The summed E-state index contributed by atoms with van der Waals surface area (Å²) in [6, 6.07) is 15.3. The second kappa shape index (κ2) is 5.44. The summed E-state index contributed by atoms with van der Waals surface area (Å²) in [5.74, 6) is 0. The van der Waals surface area contributed by atoms with Gasteiger partial charge in [-0.15, -0.1) is 0 Å². The summed E-state index contributed by atoms with van der Waals surface area (Å²) < 4.78 is 0. The van der Waals surface area contributed by atoms with Crippen LogP contribution in [0.25, 0.3) is 11.1 Å². The number of carbonyl (C=O) groups is 1. The number of hydrogen-bond acceptors (Lipinski definition) is 2. The first-order chi connectivity index (χ1) is 9.08. The smallest absolute Gasteiger partial charge is 0.409 e. The Hall–Kier alpha value is -2.49. The van der Waals surface area contributed by atoms with Gasteiger partial charge in [-0.05, 0) is 23.8 Å². The fourth-order valence-electron chi connectivity index (χ4n) is 1.90. The maximum Gasteiger partial charge on any atom is 0.409 e.